The molecule has 1 aliphatic heterocycles. The van der Waals surface area contributed by atoms with Crippen LogP contribution in [0.4, 0.5) is 10.6 Å². The molecule has 3 rings (SSSR count). The fourth-order valence-electron chi connectivity index (χ4n) is 3.71. The number of rotatable bonds is 2. The summed E-state index contributed by atoms with van der Waals surface area (Å²) in [6.07, 6.45) is 2.16. The van der Waals surface area contributed by atoms with E-state index in [-0.39, 0.29) is 23.9 Å². The zero-order chi connectivity index (χ0) is 20.8. The monoisotopic (exact) mass is 390 g/mol. The van der Waals surface area contributed by atoms with E-state index in [1.54, 1.807) is 18.3 Å². The standard InChI is InChI=1S/C19H30N6O3/c1-8-13-10-24(12(2)9-25(13)18(27)28-19(3,4)5)15-14-16(22(6)11-20-14)23(7)17(26)21-15/h11-13H,8-10H2,1-7H3/t12-,13+/m0/s1. The maximum absolute atomic E-state index is 12.7. The molecule has 0 spiro atoms. The predicted octanol–water partition coefficient (Wildman–Crippen LogP) is 1.89. The van der Waals surface area contributed by atoms with Crippen molar-refractivity contribution in [1.29, 1.82) is 0 Å². The quantitative estimate of drug-likeness (QED) is 0.778. The molecule has 2 aromatic heterocycles. The predicted molar refractivity (Wildman–Crippen MR) is 108 cm³/mol. The summed E-state index contributed by atoms with van der Waals surface area (Å²) >= 11 is 0. The van der Waals surface area contributed by atoms with Gasteiger partial charge < -0.3 is 19.1 Å². The molecule has 0 aromatic carbocycles. The SMILES string of the molecule is CC[C@@H]1CN(c2nc(=O)n(C)c3c2ncn3C)[C@@H](C)CN1C(=O)OC(C)(C)C. The Hall–Kier alpha value is -2.58. The zero-order valence-corrected chi connectivity index (χ0v) is 17.8. The van der Waals surface area contributed by atoms with E-state index < -0.39 is 5.60 Å². The summed E-state index contributed by atoms with van der Waals surface area (Å²) < 4.78 is 8.92. The molecule has 1 saturated heterocycles. The van der Waals surface area contributed by atoms with Crippen molar-refractivity contribution in [2.24, 2.45) is 14.1 Å². The van der Waals surface area contributed by atoms with Gasteiger partial charge in [0, 0.05) is 33.2 Å². The van der Waals surface area contributed by atoms with Crippen molar-refractivity contribution in [1.82, 2.24) is 24.0 Å². The topological polar surface area (TPSA) is 85.5 Å². The first-order chi connectivity index (χ1) is 13.0. The molecule has 0 unspecified atom stereocenters. The van der Waals surface area contributed by atoms with Crippen LogP contribution in [-0.2, 0) is 18.8 Å². The third-order valence-corrected chi connectivity index (χ3v) is 5.14. The van der Waals surface area contributed by atoms with Crippen molar-refractivity contribution in [2.45, 2.75) is 58.7 Å². The van der Waals surface area contributed by atoms with E-state index in [2.05, 4.69) is 14.9 Å². The molecular formula is C19H30N6O3. The van der Waals surface area contributed by atoms with Crippen LogP contribution in [0.5, 0.6) is 0 Å². The molecular weight excluding hydrogens is 360 g/mol. The fourth-order valence-corrected chi connectivity index (χ4v) is 3.71. The Morgan fingerprint density at radius 3 is 2.57 bits per heavy atom. The number of anilines is 1. The van der Waals surface area contributed by atoms with Crippen LogP contribution in [0.1, 0.15) is 41.0 Å². The van der Waals surface area contributed by atoms with Crippen LogP contribution in [0.15, 0.2) is 11.1 Å². The second-order valence-electron chi connectivity index (χ2n) is 8.50. The number of fused-ring (bicyclic) bond motifs is 1. The van der Waals surface area contributed by atoms with Crippen LogP contribution in [0.3, 0.4) is 0 Å². The molecule has 2 atom stereocenters. The van der Waals surface area contributed by atoms with Crippen molar-refractivity contribution < 1.29 is 9.53 Å². The number of carbonyl (C=O) groups is 1. The van der Waals surface area contributed by atoms with Gasteiger partial charge in [-0.1, -0.05) is 6.92 Å². The van der Waals surface area contributed by atoms with Crippen LogP contribution in [-0.4, -0.2) is 60.9 Å². The van der Waals surface area contributed by atoms with Crippen LogP contribution in [0.25, 0.3) is 11.2 Å². The average molecular weight is 390 g/mol. The second-order valence-corrected chi connectivity index (χ2v) is 8.50. The summed E-state index contributed by atoms with van der Waals surface area (Å²) in [6.45, 7) is 10.7. The minimum Gasteiger partial charge on any atom is -0.444 e. The smallest absolute Gasteiger partial charge is 0.410 e. The van der Waals surface area contributed by atoms with Gasteiger partial charge in [-0.15, -0.1) is 0 Å². The van der Waals surface area contributed by atoms with Gasteiger partial charge in [-0.25, -0.2) is 14.6 Å². The second kappa shape index (κ2) is 7.10. The average Bonchev–Trinajstić information content (AvgIpc) is 2.98. The normalized spacial score (nSPS) is 20.7. The molecule has 1 amide bonds. The number of ether oxygens (including phenoxy) is 1. The highest BCUT2D eigenvalue weighted by Gasteiger charge is 2.37. The van der Waals surface area contributed by atoms with E-state index in [0.717, 1.165) is 12.1 Å². The van der Waals surface area contributed by atoms with E-state index in [9.17, 15) is 9.59 Å². The summed E-state index contributed by atoms with van der Waals surface area (Å²) in [5, 5.41) is 0. The minimum atomic E-state index is -0.539. The third-order valence-electron chi connectivity index (χ3n) is 5.14. The number of hydrogen-bond acceptors (Lipinski definition) is 6. The molecule has 9 nitrogen and oxygen atoms in total. The lowest BCUT2D eigenvalue weighted by Gasteiger charge is -2.45. The maximum Gasteiger partial charge on any atom is 0.410 e. The Morgan fingerprint density at radius 1 is 1.29 bits per heavy atom. The summed E-state index contributed by atoms with van der Waals surface area (Å²) in [6, 6.07) is -0.0594. The number of imidazole rings is 1. The fraction of sp³-hybridized carbons (Fsp3) is 0.684. The molecule has 0 radical (unpaired) electrons. The number of nitrogens with zero attached hydrogens (tertiary/aromatic N) is 6. The van der Waals surface area contributed by atoms with Gasteiger partial charge in [0.05, 0.1) is 12.4 Å². The van der Waals surface area contributed by atoms with E-state index in [1.807, 2.05) is 46.2 Å². The Morgan fingerprint density at radius 2 is 1.96 bits per heavy atom. The van der Waals surface area contributed by atoms with Crippen molar-refractivity contribution in [3.05, 3.63) is 16.8 Å². The Labute approximate surface area is 164 Å². The molecule has 28 heavy (non-hydrogen) atoms. The highest BCUT2D eigenvalue weighted by atomic mass is 16.6. The highest BCUT2D eigenvalue weighted by Crippen LogP contribution is 2.28. The number of carbonyl (C=O) groups excluding carboxylic acids is 1. The summed E-state index contributed by atoms with van der Waals surface area (Å²) in [5.41, 5.74) is 0.561. The zero-order valence-electron chi connectivity index (χ0n) is 17.8. The van der Waals surface area contributed by atoms with E-state index in [0.29, 0.717) is 24.4 Å². The van der Waals surface area contributed by atoms with Gasteiger partial charge in [0.15, 0.2) is 5.82 Å². The molecule has 2 aromatic rings. The van der Waals surface area contributed by atoms with Gasteiger partial charge in [-0.2, -0.15) is 4.98 Å². The minimum absolute atomic E-state index is 0.0277. The molecule has 9 heteroatoms. The lowest BCUT2D eigenvalue weighted by atomic mass is 10.1. The van der Waals surface area contributed by atoms with E-state index >= 15 is 0 Å². The molecule has 0 aliphatic carbocycles. The molecule has 1 fully saturated rings. The number of hydrogen-bond donors (Lipinski definition) is 0. The van der Waals surface area contributed by atoms with Crippen LogP contribution in [0, 0.1) is 0 Å². The van der Waals surface area contributed by atoms with Crippen molar-refractivity contribution in [3.8, 4) is 0 Å². The van der Waals surface area contributed by atoms with Gasteiger partial charge in [0.25, 0.3) is 0 Å². The first-order valence-corrected chi connectivity index (χ1v) is 9.67. The number of aryl methyl sites for hydroxylation is 2. The third kappa shape index (κ3) is 3.57. The Balaban J connectivity index is 1.96. The highest BCUT2D eigenvalue weighted by molar-refractivity contribution is 5.84. The van der Waals surface area contributed by atoms with E-state index in [1.165, 1.54) is 4.57 Å². The van der Waals surface area contributed by atoms with Gasteiger partial charge in [0.2, 0.25) is 0 Å². The van der Waals surface area contributed by atoms with Gasteiger partial charge in [0.1, 0.15) is 16.8 Å². The summed E-state index contributed by atoms with van der Waals surface area (Å²) in [4.78, 5) is 37.8. The van der Waals surface area contributed by atoms with Crippen LogP contribution >= 0.6 is 0 Å². The largest absolute Gasteiger partial charge is 0.444 e. The van der Waals surface area contributed by atoms with Gasteiger partial charge in [-0.3, -0.25) is 4.57 Å². The Bertz CT molecular complexity index is 942. The van der Waals surface area contributed by atoms with Crippen LogP contribution in [0.2, 0.25) is 0 Å². The van der Waals surface area contributed by atoms with Crippen molar-refractivity contribution >= 4 is 23.1 Å². The Kier molecular flexibility index (Phi) is 5.12. The number of amides is 1. The summed E-state index contributed by atoms with van der Waals surface area (Å²) in [7, 11) is 3.55. The number of aromatic nitrogens is 4. The number of piperazine rings is 1. The summed E-state index contributed by atoms with van der Waals surface area (Å²) in [5.74, 6) is 0.577. The van der Waals surface area contributed by atoms with Gasteiger partial charge >= 0.3 is 11.8 Å². The molecule has 3 heterocycles. The first kappa shape index (κ1) is 20.2. The molecule has 0 bridgehead atoms. The van der Waals surface area contributed by atoms with E-state index in [4.69, 9.17) is 4.74 Å². The molecule has 154 valence electrons. The van der Waals surface area contributed by atoms with Crippen LogP contribution < -0.4 is 10.6 Å². The van der Waals surface area contributed by atoms with Gasteiger partial charge in [-0.05, 0) is 34.1 Å². The maximum atomic E-state index is 12.7. The molecule has 0 N–H and O–H groups in total. The lowest BCUT2D eigenvalue weighted by molar-refractivity contribution is 0.0106. The van der Waals surface area contributed by atoms with Crippen molar-refractivity contribution in [3.63, 3.8) is 0 Å². The first-order valence-electron chi connectivity index (χ1n) is 9.67. The van der Waals surface area contributed by atoms with Crippen molar-refractivity contribution in [2.75, 3.05) is 18.0 Å². The molecule has 0 saturated carbocycles. The lowest BCUT2D eigenvalue weighted by Crippen LogP contribution is -2.60. The molecule has 1 aliphatic rings.